The van der Waals surface area contributed by atoms with Gasteiger partial charge in [0, 0.05) is 73.7 Å². The molecular formula is C58H70ClF2N11O6S2. The standard InChI is InChI=1S/C58H70ClF2N11O6S2/c1-31(33-12-14-34(15-13-33)49-32(2)64-30-79-49)65-53(75)43-23-38(73)27-71(43)54(76)51(57(3,4)5)66-44(74)11-7-22-77-28-37-18-20-58(19-8-21-72(37)58)29-78-56-68-47-40(52(69-56)70-26-35-9-6-10-36(70)25-63-35)24-41(59)45(46(47)61)39-16-17-42(60)50-48(39)67-55(62)80-50/h12-17,24,30-31,35-38,43,51,63,73H,6-11,18-23,25-29H2,1-5H3,(H2,62,67)(H,65,75)(H,66,74)/t31-,35?,36?,37+,38+,43-,51+,58+/m0/s1. The van der Waals surface area contributed by atoms with E-state index < -0.39 is 41.1 Å². The fraction of sp³-hybridized carbons (Fsp3) is 0.534. The molecule has 6 fully saturated rings. The molecule has 6 N–H and O–H groups in total. The van der Waals surface area contributed by atoms with Crippen LogP contribution in [0.3, 0.4) is 0 Å². The predicted octanol–water partition coefficient (Wildman–Crippen LogP) is 8.73. The number of nitrogens with zero attached hydrogens (tertiary/aromatic N) is 7. The van der Waals surface area contributed by atoms with Crippen molar-refractivity contribution in [1.82, 2.24) is 45.7 Å². The van der Waals surface area contributed by atoms with Crippen LogP contribution in [0.1, 0.15) is 109 Å². The smallest absolute Gasteiger partial charge is 0.319 e. The van der Waals surface area contributed by atoms with Crippen molar-refractivity contribution in [2.24, 2.45) is 5.41 Å². The second-order valence-corrected chi connectivity index (χ2v) is 25.8. The number of amides is 3. The highest BCUT2D eigenvalue weighted by molar-refractivity contribution is 7.22. The summed E-state index contributed by atoms with van der Waals surface area (Å²) in [5.41, 5.74) is 10.4. The minimum absolute atomic E-state index is 0.0175. The van der Waals surface area contributed by atoms with Gasteiger partial charge in [-0.2, -0.15) is 9.97 Å². The second kappa shape index (κ2) is 22.9. The van der Waals surface area contributed by atoms with Gasteiger partial charge in [0.2, 0.25) is 17.7 Å². The lowest BCUT2D eigenvalue weighted by atomic mass is 9.85. The van der Waals surface area contributed by atoms with Crippen LogP contribution in [0.15, 0.2) is 48.0 Å². The summed E-state index contributed by atoms with van der Waals surface area (Å²) in [5, 5.41) is 21.2. The average molecular weight is 1150 g/mol. The van der Waals surface area contributed by atoms with Gasteiger partial charge in [0.1, 0.15) is 35.8 Å². The number of benzene rings is 3. The molecule has 0 saturated carbocycles. The molecular weight excluding hydrogens is 1080 g/mol. The Morgan fingerprint density at radius 1 is 1.02 bits per heavy atom. The quantitative estimate of drug-likeness (QED) is 0.0541. The fourth-order valence-corrected chi connectivity index (χ4v) is 14.7. The van der Waals surface area contributed by atoms with Gasteiger partial charge < -0.3 is 46.1 Å². The third-order valence-corrected chi connectivity index (χ3v) is 19.2. The molecule has 0 radical (unpaired) electrons. The molecule has 3 amide bonds. The Labute approximate surface area is 477 Å². The molecule has 3 aromatic heterocycles. The summed E-state index contributed by atoms with van der Waals surface area (Å²) in [5.74, 6) is -1.70. The van der Waals surface area contributed by atoms with E-state index in [1.165, 1.54) is 17.0 Å². The van der Waals surface area contributed by atoms with E-state index in [-0.39, 0.29) is 98.4 Å². The number of aliphatic hydroxyl groups is 1. The van der Waals surface area contributed by atoms with E-state index in [4.69, 9.17) is 36.8 Å². The Morgan fingerprint density at radius 2 is 1.84 bits per heavy atom. The molecule has 6 aromatic rings. The van der Waals surface area contributed by atoms with Crippen molar-refractivity contribution in [2.75, 3.05) is 56.6 Å². The molecule has 22 heteroatoms. The lowest BCUT2D eigenvalue weighted by Crippen LogP contribution is -2.57. The van der Waals surface area contributed by atoms with Gasteiger partial charge in [-0.25, -0.2) is 18.7 Å². The van der Waals surface area contributed by atoms with Crippen molar-refractivity contribution in [3.63, 3.8) is 0 Å². The fourth-order valence-electron chi connectivity index (χ4n) is 12.8. The van der Waals surface area contributed by atoms with Crippen molar-refractivity contribution >= 4 is 84.1 Å². The Balaban J connectivity index is 0.711. The van der Waals surface area contributed by atoms with Crippen LogP contribution in [0.4, 0.5) is 19.7 Å². The number of nitrogen functional groups attached to an aromatic ring is 1. The molecule has 17 nitrogen and oxygen atoms in total. The number of aryl methyl sites for hydroxylation is 1. The van der Waals surface area contributed by atoms with Crippen molar-refractivity contribution in [2.45, 2.75) is 147 Å². The molecule has 12 rings (SSSR count). The molecule has 2 unspecified atom stereocenters. The maximum atomic E-state index is 17.3. The van der Waals surface area contributed by atoms with E-state index in [9.17, 15) is 23.9 Å². The Kier molecular flexibility index (Phi) is 16.1. The minimum atomic E-state index is -0.944. The molecule has 6 aliphatic heterocycles. The van der Waals surface area contributed by atoms with Gasteiger partial charge in [0.05, 0.1) is 55.6 Å². The number of piperazine rings is 1. The number of halogens is 3. The Hall–Kier alpha value is -5.68. The molecule has 0 aliphatic carbocycles. The van der Waals surface area contributed by atoms with E-state index in [0.29, 0.717) is 49.6 Å². The summed E-state index contributed by atoms with van der Waals surface area (Å²) in [6.45, 7) is 12.9. The normalized spacial score (nSPS) is 23.9. The van der Waals surface area contributed by atoms with Crippen LogP contribution in [0, 0.1) is 24.0 Å². The van der Waals surface area contributed by atoms with Gasteiger partial charge in [-0.3, -0.25) is 19.3 Å². The number of β-amino-alcohol motifs (C(OH)–C–C–N with tert-alkyl or cyclic N) is 1. The lowest BCUT2D eigenvalue weighted by molar-refractivity contribution is -0.144. The van der Waals surface area contributed by atoms with Crippen LogP contribution in [0.2, 0.25) is 5.02 Å². The molecule has 2 bridgehead atoms. The second-order valence-electron chi connectivity index (χ2n) is 23.5. The van der Waals surface area contributed by atoms with E-state index in [0.717, 1.165) is 91.1 Å². The number of hydrogen-bond donors (Lipinski definition) is 5. The van der Waals surface area contributed by atoms with Crippen LogP contribution in [0.5, 0.6) is 6.01 Å². The molecule has 0 spiro atoms. The first kappa shape index (κ1) is 56.2. The monoisotopic (exact) mass is 1150 g/mol. The third-order valence-electron chi connectivity index (χ3n) is 17.1. The number of fused-ring (bicyclic) bond motifs is 7. The summed E-state index contributed by atoms with van der Waals surface area (Å²) in [6, 6.07) is 10.8. The first-order chi connectivity index (χ1) is 38.4. The van der Waals surface area contributed by atoms with Gasteiger partial charge in [-0.15, -0.1) is 11.3 Å². The highest BCUT2D eigenvalue weighted by Gasteiger charge is 2.50. The van der Waals surface area contributed by atoms with Crippen LogP contribution in [-0.4, -0.2) is 140 Å². The van der Waals surface area contributed by atoms with Gasteiger partial charge in [0.25, 0.3) is 0 Å². The summed E-state index contributed by atoms with van der Waals surface area (Å²) >= 11 is 9.55. The SMILES string of the molecule is Cc1ncsc1-c1ccc([C@H](C)NC(=O)[C@@H]2C[C@@H](O)CN2C(=O)[C@@H](NC(=O)CCCOC[C@H]2CC[C@@]3(COc4nc(N5CC6CCCC5CN6)c5cc(Cl)c(-c6ccc(F)c7sc(N)nc67)c(F)c5n4)CCCN23)C(C)(C)C)cc1. The molecule has 426 valence electrons. The van der Waals surface area contributed by atoms with Crippen LogP contribution in [-0.2, 0) is 19.1 Å². The zero-order valence-electron chi connectivity index (χ0n) is 45.8. The van der Waals surface area contributed by atoms with Gasteiger partial charge >= 0.3 is 6.01 Å². The maximum Gasteiger partial charge on any atom is 0.319 e. The number of nitrogens with two attached hydrogens (primary N) is 1. The van der Waals surface area contributed by atoms with Gasteiger partial charge in [-0.1, -0.05) is 68.0 Å². The summed E-state index contributed by atoms with van der Waals surface area (Å²) in [7, 11) is 0. The Morgan fingerprint density at radius 3 is 2.61 bits per heavy atom. The van der Waals surface area contributed by atoms with E-state index in [2.05, 4.69) is 35.7 Å². The lowest BCUT2D eigenvalue weighted by Gasteiger charge is -2.39. The van der Waals surface area contributed by atoms with Gasteiger partial charge in [-0.05, 0) is 106 Å². The number of likely N-dealkylation sites (tertiary alicyclic amines) is 1. The van der Waals surface area contributed by atoms with Crippen molar-refractivity contribution in [3.8, 4) is 27.6 Å². The molecule has 8 atom stereocenters. The number of carbonyl (C=O) groups is 3. The molecule has 9 heterocycles. The maximum absolute atomic E-state index is 17.3. The topological polar surface area (TPSA) is 213 Å². The number of carbonyl (C=O) groups excluding carboxylic acids is 3. The summed E-state index contributed by atoms with van der Waals surface area (Å²) in [4.78, 5) is 67.5. The minimum Gasteiger partial charge on any atom is -0.461 e. The van der Waals surface area contributed by atoms with Crippen LogP contribution in [0.25, 0.3) is 42.7 Å². The average Bonchev–Trinajstić information content (AvgIpc) is 3.85. The highest BCUT2D eigenvalue weighted by atomic mass is 35.5. The van der Waals surface area contributed by atoms with Crippen molar-refractivity contribution < 1.29 is 37.7 Å². The number of nitrogens with one attached hydrogen (secondary N) is 3. The van der Waals surface area contributed by atoms with Crippen LogP contribution < -0.4 is 31.3 Å². The number of hydrogen-bond acceptors (Lipinski definition) is 16. The zero-order chi connectivity index (χ0) is 56.2. The number of aliphatic hydroxyl groups excluding tert-OH is 1. The van der Waals surface area contributed by atoms with E-state index in [1.54, 1.807) is 17.4 Å². The number of aromatic nitrogens is 4. The first-order valence-electron chi connectivity index (χ1n) is 28.0. The largest absolute Gasteiger partial charge is 0.461 e. The third kappa shape index (κ3) is 11.2. The van der Waals surface area contributed by atoms with Crippen molar-refractivity contribution in [1.29, 1.82) is 0 Å². The first-order valence-corrected chi connectivity index (χ1v) is 30.0. The number of rotatable bonds is 17. The summed E-state index contributed by atoms with van der Waals surface area (Å²) in [6.07, 6.45) is 6.39. The van der Waals surface area contributed by atoms with Crippen LogP contribution >= 0.6 is 34.3 Å². The molecule has 80 heavy (non-hydrogen) atoms. The van der Waals surface area contributed by atoms with Crippen molar-refractivity contribution in [3.05, 3.63) is 75.9 Å². The molecule has 3 aromatic carbocycles. The highest BCUT2D eigenvalue weighted by Crippen LogP contribution is 2.46. The number of anilines is 2. The molecule has 6 aliphatic rings. The zero-order valence-corrected chi connectivity index (χ0v) is 48.2. The molecule has 6 saturated heterocycles. The van der Waals surface area contributed by atoms with E-state index >= 15 is 4.39 Å². The van der Waals surface area contributed by atoms with E-state index in [1.807, 2.05) is 64.4 Å². The number of thiazole rings is 2. The number of ether oxygens (including phenoxy) is 2. The summed E-state index contributed by atoms with van der Waals surface area (Å²) < 4.78 is 45.4. The Bertz CT molecular complexity index is 3300. The van der Waals surface area contributed by atoms with Gasteiger partial charge in [0.15, 0.2) is 10.9 Å². The predicted molar refractivity (Wildman–Crippen MR) is 308 cm³/mol.